The van der Waals surface area contributed by atoms with Crippen molar-refractivity contribution < 1.29 is 29.6 Å². The van der Waals surface area contributed by atoms with Crippen LogP contribution in [0, 0.1) is 0 Å². The van der Waals surface area contributed by atoms with Gasteiger partial charge in [-0.1, -0.05) is 0 Å². The van der Waals surface area contributed by atoms with Crippen LogP contribution in [-0.2, 0) is 12.8 Å². The summed E-state index contributed by atoms with van der Waals surface area (Å²) in [7, 11) is 0. The molecule has 1 unspecified atom stereocenters. The number of rotatable bonds is 1. The predicted octanol–water partition coefficient (Wildman–Crippen LogP) is 1.14. The van der Waals surface area contributed by atoms with Crippen molar-refractivity contribution in [1.29, 1.82) is 0 Å². The molecule has 1 aromatic heterocycles. The third-order valence-electron chi connectivity index (χ3n) is 3.98. The van der Waals surface area contributed by atoms with Gasteiger partial charge in [-0.3, -0.25) is 4.79 Å². The fourth-order valence-electron chi connectivity index (χ4n) is 2.84. The van der Waals surface area contributed by atoms with Crippen LogP contribution >= 0.6 is 0 Å². The Morgan fingerprint density at radius 2 is 2.05 bits per heavy atom. The molecule has 4 N–H and O–H groups in total. The molecular weight excluding hydrogens is 292 g/mol. The number of carboxylic acids is 1. The predicted molar refractivity (Wildman–Crippen MR) is 75.4 cm³/mol. The Morgan fingerprint density at radius 3 is 2.68 bits per heavy atom. The van der Waals surface area contributed by atoms with E-state index in [9.17, 15) is 30.0 Å². The van der Waals surface area contributed by atoms with Crippen LogP contribution in [0.4, 0.5) is 0 Å². The normalized spacial score (nSPS) is 20.8. The first-order valence-corrected chi connectivity index (χ1v) is 6.70. The first-order chi connectivity index (χ1) is 10.2. The molecule has 0 fully saturated rings. The first kappa shape index (κ1) is 14.4. The van der Waals surface area contributed by atoms with Crippen LogP contribution in [0.2, 0.25) is 0 Å². The van der Waals surface area contributed by atoms with Crippen molar-refractivity contribution in [2.24, 2.45) is 0 Å². The van der Waals surface area contributed by atoms with Crippen LogP contribution in [0.25, 0.3) is 11.0 Å². The Labute approximate surface area is 124 Å². The van der Waals surface area contributed by atoms with E-state index < -0.39 is 34.1 Å². The summed E-state index contributed by atoms with van der Waals surface area (Å²) in [5.41, 5.74) is -2.07. The molecule has 1 aliphatic rings. The van der Waals surface area contributed by atoms with Gasteiger partial charge in [0.05, 0.1) is 11.0 Å². The Bertz CT molecular complexity index is 861. The molecule has 0 amide bonds. The van der Waals surface area contributed by atoms with Gasteiger partial charge >= 0.3 is 5.97 Å². The van der Waals surface area contributed by atoms with E-state index in [1.54, 1.807) is 6.92 Å². The third kappa shape index (κ3) is 2.01. The van der Waals surface area contributed by atoms with Crippen molar-refractivity contribution >= 4 is 16.9 Å². The zero-order valence-corrected chi connectivity index (χ0v) is 11.7. The number of benzene rings is 1. The van der Waals surface area contributed by atoms with E-state index in [0.717, 1.165) is 6.07 Å². The monoisotopic (exact) mass is 306 g/mol. The van der Waals surface area contributed by atoms with Gasteiger partial charge in [-0.2, -0.15) is 0 Å². The number of aromatic hydroxyl groups is 2. The Kier molecular flexibility index (Phi) is 2.93. The Hall–Kier alpha value is -2.54. The minimum absolute atomic E-state index is 0.123. The minimum atomic E-state index is -1.53. The topological polar surface area (TPSA) is 128 Å². The summed E-state index contributed by atoms with van der Waals surface area (Å²) in [6.07, 6.45) is 0.724. The molecule has 3 rings (SSSR count). The average molecular weight is 306 g/mol. The highest BCUT2D eigenvalue weighted by atomic mass is 16.4. The van der Waals surface area contributed by atoms with E-state index >= 15 is 0 Å². The van der Waals surface area contributed by atoms with Crippen molar-refractivity contribution in [2.45, 2.75) is 31.8 Å². The third-order valence-corrected chi connectivity index (χ3v) is 3.98. The van der Waals surface area contributed by atoms with Crippen LogP contribution in [-0.4, -0.2) is 32.0 Å². The van der Waals surface area contributed by atoms with Gasteiger partial charge in [-0.15, -0.1) is 0 Å². The van der Waals surface area contributed by atoms with Crippen LogP contribution in [0.1, 0.15) is 35.0 Å². The van der Waals surface area contributed by atoms with Gasteiger partial charge in [0.15, 0.2) is 16.9 Å². The smallest absolute Gasteiger partial charge is 0.340 e. The van der Waals surface area contributed by atoms with Gasteiger partial charge in [-0.05, 0) is 19.8 Å². The lowest BCUT2D eigenvalue weighted by Crippen LogP contribution is -2.34. The largest absolute Gasteiger partial charge is 0.504 e. The van der Waals surface area contributed by atoms with E-state index in [4.69, 9.17) is 4.42 Å². The van der Waals surface area contributed by atoms with Gasteiger partial charge in [0, 0.05) is 18.1 Å². The lowest BCUT2D eigenvalue weighted by Gasteiger charge is -2.28. The van der Waals surface area contributed by atoms with E-state index in [0.29, 0.717) is 12.0 Å². The molecule has 2 aromatic rings. The second-order valence-electron chi connectivity index (χ2n) is 5.80. The molecule has 7 heteroatoms. The zero-order valence-electron chi connectivity index (χ0n) is 11.7. The summed E-state index contributed by atoms with van der Waals surface area (Å²) in [6, 6.07) is 1.00. The Balaban J connectivity index is 2.42. The van der Waals surface area contributed by atoms with E-state index in [1.165, 1.54) is 0 Å². The number of hydrogen-bond acceptors (Lipinski definition) is 6. The highest BCUT2D eigenvalue weighted by molar-refractivity contribution is 6.06. The van der Waals surface area contributed by atoms with Crippen molar-refractivity contribution in [3.8, 4) is 11.5 Å². The number of hydrogen-bond donors (Lipinski definition) is 4. The minimum Gasteiger partial charge on any atom is -0.504 e. The van der Waals surface area contributed by atoms with Crippen LogP contribution in [0.15, 0.2) is 15.3 Å². The molecule has 1 atom stereocenters. The van der Waals surface area contributed by atoms with Gasteiger partial charge in [0.2, 0.25) is 0 Å². The van der Waals surface area contributed by atoms with E-state index in [1.807, 2.05) is 0 Å². The van der Waals surface area contributed by atoms with Crippen LogP contribution in [0.5, 0.6) is 11.5 Å². The van der Waals surface area contributed by atoms with Gasteiger partial charge in [-0.25, -0.2) is 4.79 Å². The van der Waals surface area contributed by atoms with E-state index in [2.05, 4.69) is 0 Å². The summed E-state index contributed by atoms with van der Waals surface area (Å²) in [5, 5.41) is 38.4. The Morgan fingerprint density at radius 1 is 1.36 bits per heavy atom. The number of phenols is 2. The zero-order chi connectivity index (χ0) is 16.2. The molecule has 1 aromatic carbocycles. The molecule has 1 heterocycles. The van der Waals surface area contributed by atoms with E-state index in [-0.39, 0.29) is 29.6 Å². The number of carbonyl (C=O) groups is 1. The second kappa shape index (κ2) is 4.48. The van der Waals surface area contributed by atoms with Crippen molar-refractivity contribution in [2.75, 3.05) is 0 Å². The molecule has 116 valence electrons. The number of aliphatic hydroxyl groups is 1. The molecular formula is C15H14O7. The van der Waals surface area contributed by atoms with Gasteiger partial charge in [0.25, 0.3) is 0 Å². The number of phenolic OH excluding ortho intramolecular Hbond substituents is 1. The van der Waals surface area contributed by atoms with Crippen molar-refractivity contribution in [3.63, 3.8) is 0 Å². The lowest BCUT2D eigenvalue weighted by molar-refractivity contribution is 0.0391. The average Bonchev–Trinajstić information content (AvgIpc) is 2.39. The molecule has 0 saturated heterocycles. The van der Waals surface area contributed by atoms with Crippen molar-refractivity contribution in [1.82, 2.24) is 0 Å². The standard InChI is InChI=1S/C15H14O7/c1-15(21)3-2-6-9(5-15)22-8-4-7(16)13(18)11(14(19)20)10(8)12(6)17/h4,16,18,21H,2-3,5H2,1H3,(H,19,20). The maximum Gasteiger partial charge on any atom is 0.340 e. The fourth-order valence-corrected chi connectivity index (χ4v) is 2.84. The second-order valence-corrected chi connectivity index (χ2v) is 5.80. The molecule has 0 spiro atoms. The first-order valence-electron chi connectivity index (χ1n) is 6.70. The maximum atomic E-state index is 12.6. The number of aromatic carboxylic acids is 1. The molecule has 0 radical (unpaired) electrons. The summed E-state index contributed by atoms with van der Waals surface area (Å²) in [4.78, 5) is 23.9. The maximum absolute atomic E-state index is 12.6. The summed E-state index contributed by atoms with van der Waals surface area (Å²) in [5.74, 6) is -2.81. The highest BCUT2D eigenvalue weighted by Crippen LogP contribution is 2.37. The SMILES string of the molecule is CC1(O)CCc2c(oc3cc(O)c(O)c(C(=O)O)c3c2=O)C1. The van der Waals surface area contributed by atoms with Crippen LogP contribution < -0.4 is 5.43 Å². The highest BCUT2D eigenvalue weighted by Gasteiger charge is 2.33. The van der Waals surface area contributed by atoms with Crippen LogP contribution in [0.3, 0.4) is 0 Å². The molecule has 0 aliphatic heterocycles. The number of carboxylic acid groups (broad SMARTS) is 1. The molecule has 22 heavy (non-hydrogen) atoms. The lowest BCUT2D eigenvalue weighted by atomic mass is 9.84. The molecule has 0 saturated carbocycles. The van der Waals surface area contributed by atoms with Crippen molar-refractivity contribution in [3.05, 3.63) is 33.2 Å². The molecule has 7 nitrogen and oxygen atoms in total. The summed E-state index contributed by atoms with van der Waals surface area (Å²) < 4.78 is 5.53. The summed E-state index contributed by atoms with van der Waals surface area (Å²) in [6.45, 7) is 1.62. The number of fused-ring (bicyclic) bond motifs is 2. The fraction of sp³-hybridized carbons (Fsp3) is 0.333. The molecule has 0 bridgehead atoms. The quantitative estimate of drug-likeness (QED) is 0.581. The van der Waals surface area contributed by atoms with Gasteiger partial charge in [0.1, 0.15) is 16.9 Å². The summed E-state index contributed by atoms with van der Waals surface area (Å²) >= 11 is 0. The van der Waals surface area contributed by atoms with Gasteiger partial charge < -0.3 is 24.8 Å². The molecule has 1 aliphatic carbocycles.